The molecule has 1 amide bonds. The zero-order chi connectivity index (χ0) is 16.4. The molecule has 0 saturated heterocycles. The van der Waals surface area contributed by atoms with Gasteiger partial charge in [0.05, 0.1) is 16.9 Å². The number of carbonyl (C=O) groups is 2. The quantitative estimate of drug-likeness (QED) is 0.552. The van der Waals surface area contributed by atoms with Crippen LogP contribution in [0.5, 0.6) is 0 Å². The van der Waals surface area contributed by atoms with Crippen LogP contribution < -0.4 is 10.9 Å². The van der Waals surface area contributed by atoms with Crippen molar-refractivity contribution in [1.29, 1.82) is 0 Å². The van der Waals surface area contributed by atoms with Gasteiger partial charge in [-0.2, -0.15) is 0 Å². The van der Waals surface area contributed by atoms with Gasteiger partial charge in [0.1, 0.15) is 0 Å². The van der Waals surface area contributed by atoms with Crippen molar-refractivity contribution in [3.05, 3.63) is 59.1 Å². The number of carbonyl (C=O) groups excluding carboxylic acids is 1. The molecule has 3 rings (SSSR count). The van der Waals surface area contributed by atoms with E-state index in [1.807, 2.05) is 0 Å². The van der Waals surface area contributed by atoms with Gasteiger partial charge < -0.3 is 14.8 Å². The molecule has 1 aromatic carbocycles. The van der Waals surface area contributed by atoms with Crippen LogP contribution in [0.15, 0.2) is 57.9 Å². The smallest absolute Gasteiger partial charge is 0.394 e. The number of nitrogens with one attached hydrogen (secondary N) is 1. The lowest BCUT2D eigenvalue weighted by Crippen LogP contribution is -2.22. The maximum absolute atomic E-state index is 12.2. The van der Waals surface area contributed by atoms with Gasteiger partial charge in [0.2, 0.25) is 0 Å². The van der Waals surface area contributed by atoms with Crippen LogP contribution in [0.2, 0.25) is 0 Å². The van der Waals surface area contributed by atoms with E-state index in [0.29, 0.717) is 11.1 Å². The summed E-state index contributed by atoms with van der Waals surface area (Å²) in [5, 5.41) is 11.4. The van der Waals surface area contributed by atoms with Crippen LogP contribution >= 0.6 is 0 Å². The van der Waals surface area contributed by atoms with E-state index >= 15 is 0 Å². The number of hydrogen-bond donors (Lipinski definition) is 2. The van der Waals surface area contributed by atoms with E-state index in [1.165, 1.54) is 6.07 Å². The van der Waals surface area contributed by atoms with Crippen LogP contribution in [0.3, 0.4) is 0 Å². The van der Waals surface area contributed by atoms with Crippen molar-refractivity contribution < 1.29 is 19.1 Å². The first-order valence-electron chi connectivity index (χ1n) is 6.59. The molecule has 0 bridgehead atoms. The summed E-state index contributed by atoms with van der Waals surface area (Å²) in [6.45, 7) is 0. The maximum Gasteiger partial charge on any atom is 0.394 e. The summed E-state index contributed by atoms with van der Waals surface area (Å²) in [6.07, 6.45) is 1.56. The van der Waals surface area contributed by atoms with Crippen molar-refractivity contribution in [1.82, 2.24) is 4.98 Å². The number of rotatable bonds is 2. The Kier molecular flexibility index (Phi) is 3.60. The lowest BCUT2D eigenvalue weighted by molar-refractivity contribution is -0.147. The van der Waals surface area contributed by atoms with E-state index in [2.05, 4.69) is 10.3 Å². The Hall–Kier alpha value is -3.48. The molecule has 0 radical (unpaired) electrons. The van der Waals surface area contributed by atoms with E-state index in [4.69, 9.17) is 9.52 Å². The highest BCUT2D eigenvalue weighted by Crippen LogP contribution is 2.25. The summed E-state index contributed by atoms with van der Waals surface area (Å²) < 4.78 is 5.26. The summed E-state index contributed by atoms with van der Waals surface area (Å²) >= 11 is 0. The number of aromatic nitrogens is 1. The number of hydrogen-bond acceptors (Lipinski definition) is 5. The second-order valence-corrected chi connectivity index (χ2v) is 4.65. The third kappa shape index (κ3) is 2.80. The van der Waals surface area contributed by atoms with Crippen LogP contribution in [-0.2, 0) is 9.59 Å². The van der Waals surface area contributed by atoms with Crippen LogP contribution in [0.1, 0.15) is 0 Å². The largest absolute Gasteiger partial charge is 0.474 e. The van der Waals surface area contributed by atoms with Gasteiger partial charge in [0.15, 0.2) is 5.58 Å². The molecule has 2 aromatic heterocycles. The number of carboxylic acids is 1. The molecule has 0 aliphatic heterocycles. The average molecular weight is 310 g/mol. The Morgan fingerprint density at radius 3 is 2.65 bits per heavy atom. The number of pyridine rings is 1. The fourth-order valence-corrected chi connectivity index (χ4v) is 2.12. The molecule has 114 valence electrons. The lowest BCUT2D eigenvalue weighted by Gasteiger charge is -2.07. The fraction of sp³-hybridized carbons (Fsp3) is 0. The number of anilines is 1. The van der Waals surface area contributed by atoms with Gasteiger partial charge in [0, 0.05) is 11.6 Å². The number of carboxylic acid groups (broad SMARTS) is 1. The average Bonchev–Trinajstić information content (AvgIpc) is 2.55. The molecule has 7 nitrogen and oxygen atoms in total. The van der Waals surface area contributed by atoms with Crippen molar-refractivity contribution in [3.63, 3.8) is 0 Å². The zero-order valence-corrected chi connectivity index (χ0v) is 11.6. The first-order chi connectivity index (χ1) is 11.1. The second kappa shape index (κ2) is 5.72. The second-order valence-electron chi connectivity index (χ2n) is 4.65. The molecule has 0 aliphatic rings. The maximum atomic E-state index is 12.2. The van der Waals surface area contributed by atoms with Gasteiger partial charge >= 0.3 is 17.5 Å². The summed E-state index contributed by atoms with van der Waals surface area (Å²) in [4.78, 5) is 38.2. The number of amides is 1. The van der Waals surface area contributed by atoms with E-state index in [-0.39, 0.29) is 16.8 Å². The van der Waals surface area contributed by atoms with Crippen LogP contribution in [-0.4, -0.2) is 22.0 Å². The van der Waals surface area contributed by atoms with E-state index < -0.39 is 17.5 Å². The Morgan fingerprint density at radius 1 is 1.13 bits per heavy atom. The molecule has 2 heterocycles. The minimum Gasteiger partial charge on any atom is -0.474 e. The minimum absolute atomic E-state index is 0.104. The molecule has 0 atom stereocenters. The number of para-hydroxylation sites is 1. The highest BCUT2D eigenvalue weighted by atomic mass is 16.4. The number of fused-ring (bicyclic) bond motifs is 1. The molecular weight excluding hydrogens is 300 g/mol. The monoisotopic (exact) mass is 310 g/mol. The van der Waals surface area contributed by atoms with Crippen molar-refractivity contribution >= 4 is 28.5 Å². The Balaban J connectivity index is 2.14. The van der Waals surface area contributed by atoms with E-state index in [0.717, 1.165) is 0 Å². The third-order valence-corrected chi connectivity index (χ3v) is 3.14. The summed E-state index contributed by atoms with van der Waals surface area (Å²) in [5.41, 5.74) is 0.322. The molecule has 0 fully saturated rings. The van der Waals surface area contributed by atoms with Gasteiger partial charge in [-0.3, -0.25) is 9.78 Å². The Morgan fingerprint density at radius 2 is 1.96 bits per heavy atom. The summed E-state index contributed by atoms with van der Waals surface area (Å²) in [5.74, 6) is -2.84. The van der Waals surface area contributed by atoms with E-state index in [9.17, 15) is 14.4 Å². The molecule has 0 spiro atoms. The molecule has 3 aromatic rings. The highest BCUT2D eigenvalue weighted by molar-refractivity contribution is 6.37. The third-order valence-electron chi connectivity index (χ3n) is 3.14. The lowest BCUT2D eigenvalue weighted by atomic mass is 10.1. The van der Waals surface area contributed by atoms with Gasteiger partial charge in [-0.1, -0.05) is 18.2 Å². The summed E-state index contributed by atoms with van der Waals surface area (Å²) in [6, 6.07) is 11.5. The van der Waals surface area contributed by atoms with Gasteiger partial charge in [-0.25, -0.2) is 9.59 Å². The predicted molar refractivity (Wildman–Crippen MR) is 82.0 cm³/mol. The van der Waals surface area contributed by atoms with Gasteiger partial charge in [-0.05, 0) is 24.3 Å². The molecule has 2 N–H and O–H groups in total. The number of benzene rings is 1. The molecule has 7 heteroatoms. The SMILES string of the molecule is O=C(O)C(=O)Nc1cccc2cc(-c3ccccn3)c(=O)oc12. The van der Waals surface area contributed by atoms with Crippen molar-refractivity contribution in [3.8, 4) is 11.3 Å². The molecule has 0 saturated carbocycles. The highest BCUT2D eigenvalue weighted by Gasteiger charge is 2.15. The van der Waals surface area contributed by atoms with Crippen LogP contribution in [0.25, 0.3) is 22.2 Å². The molecule has 23 heavy (non-hydrogen) atoms. The first kappa shape index (κ1) is 14.5. The minimum atomic E-state index is -1.63. The van der Waals surface area contributed by atoms with E-state index in [1.54, 1.807) is 42.6 Å². The first-order valence-corrected chi connectivity index (χ1v) is 6.59. The predicted octanol–water partition coefficient (Wildman–Crippen LogP) is 1.88. The van der Waals surface area contributed by atoms with Gasteiger partial charge in [0.25, 0.3) is 0 Å². The van der Waals surface area contributed by atoms with Crippen molar-refractivity contribution in [2.75, 3.05) is 5.32 Å². The molecule has 0 aliphatic carbocycles. The van der Waals surface area contributed by atoms with Crippen molar-refractivity contribution in [2.24, 2.45) is 0 Å². The standard InChI is InChI=1S/C16H10N2O5/c19-14(15(20)21)18-12-6-3-4-9-8-10(16(22)23-13(9)12)11-5-1-2-7-17-11/h1-8H,(H,18,19)(H,20,21). The Bertz CT molecular complexity index is 963. The number of aliphatic carboxylic acids is 1. The van der Waals surface area contributed by atoms with Crippen LogP contribution in [0.4, 0.5) is 5.69 Å². The van der Waals surface area contributed by atoms with Crippen LogP contribution in [0, 0.1) is 0 Å². The molecule has 0 unspecified atom stereocenters. The van der Waals surface area contributed by atoms with Crippen molar-refractivity contribution in [2.45, 2.75) is 0 Å². The molecular formula is C16H10N2O5. The Labute approximate surface area is 129 Å². The van der Waals surface area contributed by atoms with Gasteiger partial charge in [-0.15, -0.1) is 0 Å². The summed E-state index contributed by atoms with van der Waals surface area (Å²) in [7, 11) is 0. The number of nitrogens with zero attached hydrogens (tertiary/aromatic N) is 1. The zero-order valence-electron chi connectivity index (χ0n) is 11.6. The normalized spacial score (nSPS) is 10.4. The topological polar surface area (TPSA) is 109 Å². The fourth-order valence-electron chi connectivity index (χ4n) is 2.12.